The van der Waals surface area contributed by atoms with Crippen LogP contribution in [0.15, 0.2) is 41.3 Å². The van der Waals surface area contributed by atoms with Gasteiger partial charge in [0.1, 0.15) is 0 Å². The molecule has 6 heteroatoms. The summed E-state index contributed by atoms with van der Waals surface area (Å²) in [6, 6.07) is 7.32. The molecule has 4 nitrogen and oxygen atoms in total. The van der Waals surface area contributed by atoms with Gasteiger partial charge in [-0.25, -0.2) is 8.78 Å². The molecule has 0 unspecified atom stereocenters. The lowest BCUT2D eigenvalue weighted by molar-refractivity contribution is 0.339. The zero-order valence-corrected chi connectivity index (χ0v) is 14.1. The second-order valence-electron chi connectivity index (χ2n) is 5.87. The summed E-state index contributed by atoms with van der Waals surface area (Å²) in [6.07, 6.45) is 2.31. The maximum Gasteiger partial charge on any atom is 0.254 e. The fourth-order valence-electron chi connectivity index (χ4n) is 2.46. The highest BCUT2D eigenvalue weighted by atomic mass is 19.2. The normalized spacial score (nSPS) is 11.2. The molecule has 0 amide bonds. The second-order valence-corrected chi connectivity index (χ2v) is 5.87. The fraction of sp³-hybridized carbons (Fsp3) is 0.389. The Morgan fingerprint density at radius 1 is 1.17 bits per heavy atom. The molecule has 0 fully saturated rings. The molecule has 1 aromatic carbocycles. The van der Waals surface area contributed by atoms with Gasteiger partial charge in [-0.15, -0.1) is 0 Å². The average Bonchev–Trinajstić information content (AvgIpc) is 2.57. The number of likely N-dealkylation sites (N-methyl/N-ethyl adjacent to an activating group) is 2. The Balaban J connectivity index is 2.07. The van der Waals surface area contributed by atoms with E-state index in [9.17, 15) is 13.6 Å². The quantitative estimate of drug-likeness (QED) is 0.800. The van der Waals surface area contributed by atoms with Gasteiger partial charge in [-0.2, -0.15) is 0 Å². The van der Waals surface area contributed by atoms with Crippen LogP contribution in [0, 0.1) is 11.6 Å². The van der Waals surface area contributed by atoms with Gasteiger partial charge in [0.15, 0.2) is 11.6 Å². The van der Waals surface area contributed by atoms with Crippen molar-refractivity contribution in [1.29, 1.82) is 0 Å². The Hall–Kier alpha value is -2.05. The first kappa shape index (κ1) is 18.3. The lowest BCUT2D eigenvalue weighted by Gasteiger charge is -2.16. The van der Waals surface area contributed by atoms with Gasteiger partial charge < -0.3 is 14.8 Å². The van der Waals surface area contributed by atoms with E-state index in [1.807, 2.05) is 26.2 Å². The topological polar surface area (TPSA) is 37.3 Å². The van der Waals surface area contributed by atoms with Gasteiger partial charge >= 0.3 is 0 Å². The molecule has 0 saturated heterocycles. The molecule has 0 saturated carbocycles. The largest absolute Gasteiger partial charge is 0.318 e. The summed E-state index contributed by atoms with van der Waals surface area (Å²) in [5, 5.41) is 3.09. The molecular formula is C18H23F2N3O. The van der Waals surface area contributed by atoms with Crippen LogP contribution in [-0.2, 0) is 13.0 Å². The predicted molar refractivity (Wildman–Crippen MR) is 91.3 cm³/mol. The van der Waals surface area contributed by atoms with E-state index in [1.165, 1.54) is 10.6 Å². The molecule has 0 radical (unpaired) electrons. The highest BCUT2D eigenvalue weighted by Gasteiger charge is 2.07. The summed E-state index contributed by atoms with van der Waals surface area (Å²) in [4.78, 5) is 14.7. The maximum absolute atomic E-state index is 13.3. The smallest absolute Gasteiger partial charge is 0.254 e. The van der Waals surface area contributed by atoms with Crippen LogP contribution >= 0.6 is 0 Å². The average molecular weight is 335 g/mol. The minimum Gasteiger partial charge on any atom is -0.318 e. The Bertz CT molecular complexity index is 730. The lowest BCUT2D eigenvalue weighted by Crippen LogP contribution is -2.31. The number of benzene rings is 1. The summed E-state index contributed by atoms with van der Waals surface area (Å²) in [5.74, 6) is -1.78. The molecule has 0 aliphatic rings. The van der Waals surface area contributed by atoms with Crippen molar-refractivity contribution in [3.63, 3.8) is 0 Å². The standard InChI is InChI=1S/C18H23F2N3O/c1-21-8-11-22(2)10-7-15-4-3-9-23(18(15)24)13-14-5-6-16(19)17(20)12-14/h3-6,9,12,21H,7-8,10-11,13H2,1-2H3. The third kappa shape index (κ3) is 4.97. The summed E-state index contributed by atoms with van der Waals surface area (Å²) >= 11 is 0. The van der Waals surface area contributed by atoms with Crippen molar-refractivity contribution in [3.8, 4) is 0 Å². The molecule has 1 N–H and O–H groups in total. The van der Waals surface area contributed by atoms with Crippen molar-refractivity contribution in [3.05, 3.63) is 69.6 Å². The number of nitrogens with one attached hydrogen (secondary N) is 1. The lowest BCUT2D eigenvalue weighted by atomic mass is 10.1. The first-order valence-corrected chi connectivity index (χ1v) is 7.96. The summed E-state index contributed by atoms with van der Waals surface area (Å²) in [6.45, 7) is 2.81. The molecule has 1 aromatic heterocycles. The van der Waals surface area contributed by atoms with Crippen molar-refractivity contribution in [2.45, 2.75) is 13.0 Å². The number of rotatable bonds is 8. The Morgan fingerprint density at radius 2 is 1.96 bits per heavy atom. The molecule has 0 aliphatic carbocycles. The van der Waals surface area contributed by atoms with E-state index in [-0.39, 0.29) is 12.1 Å². The molecule has 1 heterocycles. The van der Waals surface area contributed by atoms with Crippen LogP contribution in [0.4, 0.5) is 8.78 Å². The third-order valence-corrected chi connectivity index (χ3v) is 3.94. The SMILES string of the molecule is CNCCN(C)CCc1cccn(Cc2ccc(F)c(F)c2)c1=O. The first-order valence-electron chi connectivity index (χ1n) is 7.96. The van der Waals surface area contributed by atoms with Crippen molar-refractivity contribution in [2.75, 3.05) is 33.7 Å². The van der Waals surface area contributed by atoms with Crippen molar-refractivity contribution < 1.29 is 8.78 Å². The number of halogens is 2. The van der Waals surface area contributed by atoms with E-state index in [2.05, 4.69) is 10.2 Å². The van der Waals surface area contributed by atoms with E-state index < -0.39 is 11.6 Å². The zero-order valence-electron chi connectivity index (χ0n) is 14.1. The van der Waals surface area contributed by atoms with Crippen LogP contribution in [0.1, 0.15) is 11.1 Å². The third-order valence-electron chi connectivity index (χ3n) is 3.94. The van der Waals surface area contributed by atoms with Gasteiger partial charge in [0.05, 0.1) is 6.54 Å². The Morgan fingerprint density at radius 3 is 2.67 bits per heavy atom. The van der Waals surface area contributed by atoms with Crippen LogP contribution in [0.3, 0.4) is 0 Å². The molecule has 0 atom stereocenters. The van der Waals surface area contributed by atoms with Gasteiger partial charge in [0.25, 0.3) is 5.56 Å². The van der Waals surface area contributed by atoms with Gasteiger partial charge in [-0.3, -0.25) is 4.79 Å². The molecule has 0 spiro atoms. The predicted octanol–water partition coefficient (Wildman–Crippen LogP) is 1.87. The van der Waals surface area contributed by atoms with E-state index in [1.54, 1.807) is 6.20 Å². The van der Waals surface area contributed by atoms with E-state index in [0.29, 0.717) is 12.0 Å². The molecule has 2 rings (SSSR count). The highest BCUT2D eigenvalue weighted by molar-refractivity contribution is 5.19. The van der Waals surface area contributed by atoms with Crippen molar-refractivity contribution in [1.82, 2.24) is 14.8 Å². The van der Waals surface area contributed by atoms with E-state index in [4.69, 9.17) is 0 Å². The van der Waals surface area contributed by atoms with E-state index in [0.717, 1.165) is 37.3 Å². The molecule has 0 aliphatic heterocycles. The minimum absolute atomic E-state index is 0.0933. The zero-order chi connectivity index (χ0) is 17.5. The number of nitrogens with zero attached hydrogens (tertiary/aromatic N) is 2. The Labute approximate surface area is 140 Å². The molecular weight excluding hydrogens is 312 g/mol. The fourth-order valence-corrected chi connectivity index (χ4v) is 2.46. The van der Waals surface area contributed by atoms with Crippen LogP contribution in [0.5, 0.6) is 0 Å². The summed E-state index contributed by atoms with van der Waals surface area (Å²) in [5.41, 5.74) is 1.18. The first-order chi connectivity index (χ1) is 11.5. The highest BCUT2D eigenvalue weighted by Crippen LogP contribution is 2.09. The monoisotopic (exact) mass is 335 g/mol. The number of hydrogen-bond donors (Lipinski definition) is 1. The summed E-state index contributed by atoms with van der Waals surface area (Å²) in [7, 11) is 3.92. The molecule has 130 valence electrons. The number of hydrogen-bond acceptors (Lipinski definition) is 3. The van der Waals surface area contributed by atoms with Gasteiger partial charge in [0.2, 0.25) is 0 Å². The van der Waals surface area contributed by atoms with Gasteiger partial charge in [-0.05, 0) is 44.3 Å². The molecule has 0 bridgehead atoms. The number of pyridine rings is 1. The van der Waals surface area contributed by atoms with Crippen LogP contribution in [-0.4, -0.2) is 43.2 Å². The number of aromatic nitrogens is 1. The Kier molecular flexibility index (Phi) is 6.63. The van der Waals surface area contributed by atoms with Crippen molar-refractivity contribution in [2.24, 2.45) is 0 Å². The van der Waals surface area contributed by atoms with Crippen LogP contribution in [0.25, 0.3) is 0 Å². The minimum atomic E-state index is -0.900. The summed E-state index contributed by atoms with van der Waals surface area (Å²) < 4.78 is 27.8. The van der Waals surface area contributed by atoms with Crippen LogP contribution < -0.4 is 10.9 Å². The van der Waals surface area contributed by atoms with Crippen molar-refractivity contribution >= 4 is 0 Å². The molecule has 2 aromatic rings. The van der Waals surface area contributed by atoms with Crippen LogP contribution in [0.2, 0.25) is 0 Å². The van der Waals surface area contributed by atoms with Gasteiger partial charge in [-0.1, -0.05) is 12.1 Å². The van der Waals surface area contributed by atoms with Gasteiger partial charge in [0, 0.05) is 31.4 Å². The maximum atomic E-state index is 13.3. The molecule has 24 heavy (non-hydrogen) atoms. The van der Waals surface area contributed by atoms with E-state index >= 15 is 0 Å². The second kappa shape index (κ2) is 8.70.